The van der Waals surface area contributed by atoms with Gasteiger partial charge in [0.15, 0.2) is 5.54 Å². The van der Waals surface area contributed by atoms with Crippen molar-refractivity contribution in [3.05, 3.63) is 39.9 Å². The first-order valence-electron chi connectivity index (χ1n) is 6.55. The summed E-state index contributed by atoms with van der Waals surface area (Å²) in [6.45, 7) is 1.19. The smallest absolute Gasteiger partial charge is 0.331 e. The van der Waals surface area contributed by atoms with E-state index in [4.69, 9.17) is 9.84 Å². The monoisotopic (exact) mass is 310 g/mol. The number of hydrogen-bond donors (Lipinski definition) is 2. The summed E-state index contributed by atoms with van der Waals surface area (Å²) in [6.07, 6.45) is 0.296. The van der Waals surface area contributed by atoms with Crippen LogP contribution in [0.4, 0.5) is 5.69 Å². The third-order valence-corrected chi connectivity index (χ3v) is 3.08. The lowest BCUT2D eigenvalue weighted by atomic mass is 10.0. The Morgan fingerprint density at radius 2 is 2.14 bits per heavy atom. The third kappa shape index (κ3) is 4.81. The highest BCUT2D eigenvalue weighted by molar-refractivity contribution is 5.86. The minimum Gasteiger partial charge on any atom is -0.479 e. The maximum atomic E-state index is 11.9. The number of carbonyl (C=O) groups excluding carboxylic acids is 1. The molecule has 0 aliphatic heterocycles. The van der Waals surface area contributed by atoms with Crippen molar-refractivity contribution in [3.63, 3.8) is 0 Å². The number of benzene rings is 1. The van der Waals surface area contributed by atoms with Gasteiger partial charge in [-0.3, -0.25) is 14.9 Å². The van der Waals surface area contributed by atoms with Crippen molar-refractivity contribution >= 4 is 17.6 Å². The molecule has 0 spiro atoms. The minimum absolute atomic E-state index is 0.0216. The Bertz CT molecular complexity index is 574. The zero-order valence-electron chi connectivity index (χ0n) is 12.4. The maximum Gasteiger partial charge on any atom is 0.331 e. The fourth-order valence-electron chi connectivity index (χ4n) is 1.89. The third-order valence-electron chi connectivity index (χ3n) is 3.08. The van der Waals surface area contributed by atoms with E-state index in [-0.39, 0.29) is 25.1 Å². The number of carboxylic acids is 1. The number of aliphatic carboxylic acids is 1. The highest BCUT2D eigenvalue weighted by Crippen LogP contribution is 2.14. The first kappa shape index (κ1) is 17.6. The number of amides is 1. The van der Waals surface area contributed by atoms with Crippen LogP contribution in [0, 0.1) is 10.1 Å². The molecule has 0 aromatic heterocycles. The second kappa shape index (κ2) is 7.51. The summed E-state index contributed by atoms with van der Waals surface area (Å²) in [5.41, 5.74) is -0.921. The van der Waals surface area contributed by atoms with E-state index in [2.05, 4.69) is 5.32 Å². The van der Waals surface area contributed by atoms with Crippen LogP contribution in [0.3, 0.4) is 0 Å². The van der Waals surface area contributed by atoms with Crippen LogP contribution in [0.1, 0.15) is 18.9 Å². The van der Waals surface area contributed by atoms with Crippen LogP contribution in [0.5, 0.6) is 0 Å². The number of methoxy groups -OCH3 is 1. The van der Waals surface area contributed by atoms with Crippen molar-refractivity contribution in [2.24, 2.45) is 0 Å². The van der Waals surface area contributed by atoms with E-state index in [1.807, 2.05) is 0 Å². The molecule has 0 aliphatic carbocycles. The molecule has 0 saturated heterocycles. The van der Waals surface area contributed by atoms with Crippen LogP contribution < -0.4 is 5.32 Å². The van der Waals surface area contributed by atoms with Crippen molar-refractivity contribution in [1.82, 2.24) is 5.32 Å². The van der Waals surface area contributed by atoms with E-state index in [0.717, 1.165) is 0 Å². The fourth-order valence-corrected chi connectivity index (χ4v) is 1.89. The molecule has 0 radical (unpaired) electrons. The molecule has 1 amide bonds. The number of carboxylic acid groups (broad SMARTS) is 1. The van der Waals surface area contributed by atoms with E-state index >= 15 is 0 Å². The summed E-state index contributed by atoms with van der Waals surface area (Å²) in [7, 11) is 1.34. The largest absolute Gasteiger partial charge is 0.479 e. The zero-order chi connectivity index (χ0) is 16.8. The Kier molecular flexibility index (Phi) is 6.00. The number of hydrogen-bond acceptors (Lipinski definition) is 5. The highest BCUT2D eigenvalue weighted by Gasteiger charge is 2.34. The molecule has 0 heterocycles. The van der Waals surface area contributed by atoms with Gasteiger partial charge in [-0.1, -0.05) is 12.1 Å². The lowest BCUT2D eigenvalue weighted by Gasteiger charge is -2.25. The van der Waals surface area contributed by atoms with Gasteiger partial charge < -0.3 is 15.2 Å². The lowest BCUT2D eigenvalue weighted by Crippen LogP contribution is -2.55. The Morgan fingerprint density at radius 1 is 1.45 bits per heavy atom. The molecule has 22 heavy (non-hydrogen) atoms. The van der Waals surface area contributed by atoms with E-state index in [0.29, 0.717) is 5.56 Å². The Hall–Kier alpha value is -2.48. The van der Waals surface area contributed by atoms with Crippen molar-refractivity contribution in [1.29, 1.82) is 0 Å². The van der Waals surface area contributed by atoms with E-state index in [1.54, 1.807) is 6.07 Å². The van der Waals surface area contributed by atoms with E-state index in [9.17, 15) is 19.7 Å². The van der Waals surface area contributed by atoms with Gasteiger partial charge in [0.2, 0.25) is 5.91 Å². The van der Waals surface area contributed by atoms with Crippen LogP contribution in [0.15, 0.2) is 24.3 Å². The number of nitro groups is 1. The van der Waals surface area contributed by atoms with Crippen molar-refractivity contribution in [3.8, 4) is 0 Å². The molecular formula is C14H18N2O6. The predicted octanol–water partition coefficient (Wildman–Crippen LogP) is 1.13. The van der Waals surface area contributed by atoms with Crippen LogP contribution in [0.25, 0.3) is 0 Å². The van der Waals surface area contributed by atoms with Crippen molar-refractivity contribution in [2.75, 3.05) is 13.7 Å². The minimum atomic E-state index is -1.51. The van der Waals surface area contributed by atoms with E-state index < -0.39 is 22.3 Å². The Labute approximate surface area is 127 Å². The van der Waals surface area contributed by atoms with Crippen molar-refractivity contribution < 1.29 is 24.4 Å². The number of aryl methyl sites for hydroxylation is 1. The number of non-ortho nitro benzene ring substituents is 1. The van der Waals surface area contributed by atoms with Gasteiger partial charge in [0.25, 0.3) is 5.69 Å². The Morgan fingerprint density at radius 3 is 2.68 bits per heavy atom. The highest BCUT2D eigenvalue weighted by atomic mass is 16.6. The number of nitro benzene ring substituents is 1. The van der Waals surface area contributed by atoms with Gasteiger partial charge in [0.1, 0.15) is 0 Å². The quantitative estimate of drug-likeness (QED) is 0.549. The standard InChI is InChI=1S/C14H18N2O6/c1-14(9-22-2,13(18)19)15-12(17)7-6-10-4-3-5-11(8-10)16(20)21/h3-5,8H,6-7,9H2,1-2H3,(H,15,17)(H,18,19). The first-order chi connectivity index (χ1) is 10.3. The molecule has 1 unspecified atom stereocenters. The van der Waals surface area contributed by atoms with Gasteiger partial charge in [0, 0.05) is 25.7 Å². The Balaban J connectivity index is 2.64. The second-order valence-electron chi connectivity index (χ2n) is 5.05. The summed E-state index contributed by atoms with van der Waals surface area (Å²) in [5.74, 6) is -1.66. The van der Waals surface area contributed by atoms with Crippen LogP contribution in [-0.2, 0) is 20.7 Å². The average molecular weight is 310 g/mol. The van der Waals surface area contributed by atoms with Gasteiger partial charge in [-0.15, -0.1) is 0 Å². The SMILES string of the molecule is COCC(C)(NC(=O)CCc1cccc([N+](=O)[O-])c1)C(=O)O. The number of rotatable bonds is 8. The molecular weight excluding hydrogens is 292 g/mol. The predicted molar refractivity (Wildman–Crippen MR) is 77.5 cm³/mol. The molecule has 0 bridgehead atoms. The average Bonchev–Trinajstić information content (AvgIpc) is 2.45. The van der Waals surface area contributed by atoms with Crippen molar-refractivity contribution in [2.45, 2.75) is 25.3 Å². The fraction of sp³-hybridized carbons (Fsp3) is 0.429. The molecule has 0 aliphatic rings. The molecule has 0 fully saturated rings. The molecule has 0 saturated carbocycles. The van der Waals surface area contributed by atoms with Crippen LogP contribution in [0.2, 0.25) is 0 Å². The first-order valence-corrected chi connectivity index (χ1v) is 6.55. The lowest BCUT2D eigenvalue weighted by molar-refractivity contribution is -0.384. The zero-order valence-corrected chi connectivity index (χ0v) is 12.4. The van der Waals surface area contributed by atoms with Gasteiger partial charge in [-0.2, -0.15) is 0 Å². The van der Waals surface area contributed by atoms with Gasteiger partial charge >= 0.3 is 5.97 Å². The second-order valence-corrected chi connectivity index (χ2v) is 5.05. The summed E-state index contributed by atoms with van der Waals surface area (Å²) in [6, 6.07) is 5.96. The molecule has 8 nitrogen and oxygen atoms in total. The normalized spacial score (nSPS) is 13.2. The molecule has 1 aromatic rings. The molecule has 1 aromatic carbocycles. The molecule has 8 heteroatoms. The molecule has 2 N–H and O–H groups in total. The summed E-state index contributed by atoms with van der Waals surface area (Å²) in [4.78, 5) is 33.2. The number of ether oxygens (including phenoxy) is 1. The molecule has 1 rings (SSSR count). The number of carbonyl (C=O) groups is 2. The van der Waals surface area contributed by atoms with Gasteiger partial charge in [0.05, 0.1) is 11.5 Å². The number of nitrogens with one attached hydrogen (secondary N) is 1. The topological polar surface area (TPSA) is 119 Å². The maximum absolute atomic E-state index is 11.9. The molecule has 1 atom stereocenters. The summed E-state index contributed by atoms with van der Waals surface area (Å²) >= 11 is 0. The number of nitrogens with zero attached hydrogens (tertiary/aromatic N) is 1. The van der Waals surface area contributed by atoms with Gasteiger partial charge in [-0.05, 0) is 18.9 Å². The van der Waals surface area contributed by atoms with Crippen LogP contribution >= 0.6 is 0 Å². The van der Waals surface area contributed by atoms with E-state index in [1.165, 1.54) is 32.2 Å². The summed E-state index contributed by atoms with van der Waals surface area (Å²) < 4.78 is 4.80. The van der Waals surface area contributed by atoms with Crippen LogP contribution in [-0.4, -0.2) is 41.2 Å². The van der Waals surface area contributed by atoms with Gasteiger partial charge in [-0.25, -0.2) is 4.79 Å². The summed E-state index contributed by atoms with van der Waals surface area (Å²) in [5, 5.41) is 22.2. The molecule has 120 valence electrons.